The minimum absolute atomic E-state index is 0.0735. The van der Waals surface area contributed by atoms with Gasteiger partial charge in [0.2, 0.25) is 0 Å². The largest absolute Gasteiger partial charge is 0.481 e. The average molecular weight is 378 g/mol. The number of carboxylic acid groups (broad SMARTS) is 1. The molecule has 1 aromatic carbocycles. The van der Waals surface area contributed by atoms with Crippen LogP contribution in [-0.4, -0.2) is 33.3 Å². The van der Waals surface area contributed by atoms with Gasteiger partial charge in [0, 0.05) is 11.6 Å². The van der Waals surface area contributed by atoms with Gasteiger partial charge in [-0.05, 0) is 50.5 Å². The van der Waals surface area contributed by atoms with E-state index in [0.29, 0.717) is 17.0 Å². The number of nitrogens with zero attached hydrogens (tertiary/aromatic N) is 2. The summed E-state index contributed by atoms with van der Waals surface area (Å²) in [5.41, 5.74) is 1.22. The van der Waals surface area contributed by atoms with Gasteiger partial charge in [0.05, 0.1) is 28.6 Å². The van der Waals surface area contributed by atoms with Crippen LogP contribution in [0.25, 0.3) is 5.69 Å². The SMILES string of the molecule is CC(C)c1c(C(=O)NCCC(C)(C)C(=O)O)cnn1-c1ccc(Cl)cc1. The summed E-state index contributed by atoms with van der Waals surface area (Å²) < 4.78 is 1.73. The van der Waals surface area contributed by atoms with Gasteiger partial charge < -0.3 is 10.4 Å². The third-order valence-corrected chi connectivity index (χ3v) is 4.54. The van der Waals surface area contributed by atoms with E-state index in [-0.39, 0.29) is 18.4 Å². The van der Waals surface area contributed by atoms with E-state index >= 15 is 0 Å². The summed E-state index contributed by atoms with van der Waals surface area (Å²) in [7, 11) is 0. The number of nitrogens with one attached hydrogen (secondary N) is 1. The van der Waals surface area contributed by atoms with Gasteiger partial charge in [-0.2, -0.15) is 5.10 Å². The number of aromatic nitrogens is 2. The number of halogens is 1. The number of carbonyl (C=O) groups excluding carboxylic acids is 1. The number of aliphatic carboxylic acids is 1. The Kier molecular flexibility index (Phi) is 6.08. The van der Waals surface area contributed by atoms with Crippen molar-refractivity contribution in [2.24, 2.45) is 5.41 Å². The van der Waals surface area contributed by atoms with E-state index in [0.717, 1.165) is 11.4 Å². The zero-order valence-electron chi connectivity index (χ0n) is 15.4. The van der Waals surface area contributed by atoms with Crippen LogP contribution in [0.3, 0.4) is 0 Å². The first kappa shape index (κ1) is 20.0. The minimum atomic E-state index is -0.887. The van der Waals surface area contributed by atoms with E-state index in [2.05, 4.69) is 10.4 Å². The van der Waals surface area contributed by atoms with E-state index in [9.17, 15) is 9.59 Å². The lowest BCUT2D eigenvalue weighted by atomic mass is 9.89. The van der Waals surface area contributed by atoms with Crippen LogP contribution in [0.15, 0.2) is 30.5 Å². The fourth-order valence-electron chi connectivity index (χ4n) is 2.57. The van der Waals surface area contributed by atoms with Gasteiger partial charge in [0.15, 0.2) is 0 Å². The van der Waals surface area contributed by atoms with Crippen molar-refractivity contribution < 1.29 is 14.7 Å². The highest BCUT2D eigenvalue weighted by atomic mass is 35.5. The molecule has 2 N–H and O–H groups in total. The molecule has 1 heterocycles. The fraction of sp³-hybridized carbons (Fsp3) is 0.421. The first-order chi connectivity index (χ1) is 12.1. The second-order valence-corrected chi connectivity index (χ2v) is 7.62. The standard InChI is InChI=1S/C19H24ClN3O3/c1-12(2)16-15(17(24)21-10-9-19(3,4)18(25)26)11-22-23(16)14-7-5-13(20)6-8-14/h5-8,11-12H,9-10H2,1-4H3,(H,21,24)(H,25,26). The van der Waals surface area contributed by atoms with Crippen LogP contribution in [-0.2, 0) is 4.79 Å². The second-order valence-electron chi connectivity index (χ2n) is 7.18. The molecule has 0 saturated carbocycles. The Morgan fingerprint density at radius 2 is 1.88 bits per heavy atom. The number of rotatable bonds is 7. The summed E-state index contributed by atoms with van der Waals surface area (Å²) in [6.07, 6.45) is 1.89. The lowest BCUT2D eigenvalue weighted by molar-refractivity contribution is -0.147. The zero-order valence-corrected chi connectivity index (χ0v) is 16.2. The molecule has 0 fully saturated rings. The number of hydrogen-bond acceptors (Lipinski definition) is 3. The number of amides is 1. The highest BCUT2D eigenvalue weighted by Gasteiger charge is 2.27. The molecule has 0 bridgehead atoms. The molecular formula is C19H24ClN3O3. The Bertz CT molecular complexity index is 795. The van der Waals surface area contributed by atoms with Crippen LogP contribution in [0.4, 0.5) is 0 Å². The smallest absolute Gasteiger partial charge is 0.309 e. The van der Waals surface area contributed by atoms with Crippen molar-refractivity contribution >= 4 is 23.5 Å². The van der Waals surface area contributed by atoms with Crippen LogP contribution >= 0.6 is 11.6 Å². The van der Waals surface area contributed by atoms with Crippen LogP contribution in [0.1, 0.15) is 56.1 Å². The maximum Gasteiger partial charge on any atom is 0.309 e. The summed E-state index contributed by atoms with van der Waals surface area (Å²) in [6.45, 7) is 7.54. The van der Waals surface area contributed by atoms with Crippen molar-refractivity contribution in [2.45, 2.75) is 40.0 Å². The van der Waals surface area contributed by atoms with Crippen LogP contribution < -0.4 is 5.32 Å². The third-order valence-electron chi connectivity index (χ3n) is 4.28. The highest BCUT2D eigenvalue weighted by Crippen LogP contribution is 2.24. The predicted molar refractivity (Wildman–Crippen MR) is 101 cm³/mol. The second kappa shape index (κ2) is 7.91. The Hall–Kier alpha value is -2.34. The van der Waals surface area contributed by atoms with Crippen molar-refractivity contribution in [1.82, 2.24) is 15.1 Å². The first-order valence-electron chi connectivity index (χ1n) is 8.49. The van der Waals surface area contributed by atoms with Crippen LogP contribution in [0.5, 0.6) is 0 Å². The lowest BCUT2D eigenvalue weighted by Gasteiger charge is -2.19. The molecule has 6 nitrogen and oxygen atoms in total. The van der Waals surface area contributed by atoms with Crippen LogP contribution in [0.2, 0.25) is 5.02 Å². The molecule has 0 radical (unpaired) electrons. The summed E-state index contributed by atoms with van der Waals surface area (Å²) >= 11 is 5.94. The molecule has 0 spiro atoms. The Morgan fingerprint density at radius 3 is 2.42 bits per heavy atom. The molecule has 2 rings (SSSR count). The minimum Gasteiger partial charge on any atom is -0.481 e. The van der Waals surface area contributed by atoms with Crippen LogP contribution in [0, 0.1) is 5.41 Å². The third kappa shape index (κ3) is 4.43. The Labute approximate surface area is 158 Å². The first-order valence-corrected chi connectivity index (χ1v) is 8.86. The monoisotopic (exact) mass is 377 g/mol. The summed E-state index contributed by atoms with van der Waals surface area (Å²) in [4.78, 5) is 23.8. The molecule has 0 aliphatic rings. The van der Waals surface area contributed by atoms with E-state index in [1.807, 2.05) is 26.0 Å². The Balaban J connectivity index is 2.20. The normalized spacial score (nSPS) is 11.6. The van der Waals surface area contributed by atoms with Crippen molar-refractivity contribution in [3.8, 4) is 5.69 Å². The molecular weight excluding hydrogens is 354 g/mol. The number of carboxylic acids is 1. The van der Waals surface area contributed by atoms with Gasteiger partial charge in [-0.15, -0.1) is 0 Å². The molecule has 1 aromatic heterocycles. The van der Waals surface area contributed by atoms with Gasteiger partial charge in [0.25, 0.3) is 5.91 Å². The molecule has 2 aromatic rings. The predicted octanol–water partition coefficient (Wildman–Crippen LogP) is 3.88. The number of hydrogen-bond donors (Lipinski definition) is 2. The van der Waals surface area contributed by atoms with E-state index in [4.69, 9.17) is 16.7 Å². The maximum atomic E-state index is 12.6. The number of carbonyl (C=O) groups is 2. The zero-order chi connectivity index (χ0) is 19.5. The average Bonchev–Trinajstić information content (AvgIpc) is 3.00. The lowest BCUT2D eigenvalue weighted by Crippen LogP contribution is -2.32. The van der Waals surface area contributed by atoms with Gasteiger partial charge in [-0.3, -0.25) is 9.59 Å². The molecule has 26 heavy (non-hydrogen) atoms. The van der Waals surface area contributed by atoms with E-state index in [1.54, 1.807) is 36.9 Å². The summed E-state index contributed by atoms with van der Waals surface area (Å²) in [5, 5.41) is 16.9. The van der Waals surface area contributed by atoms with Gasteiger partial charge in [-0.1, -0.05) is 25.4 Å². The van der Waals surface area contributed by atoms with Crippen molar-refractivity contribution in [2.75, 3.05) is 6.54 Å². The van der Waals surface area contributed by atoms with Crippen molar-refractivity contribution in [3.63, 3.8) is 0 Å². The molecule has 0 saturated heterocycles. The van der Waals surface area contributed by atoms with Crippen molar-refractivity contribution in [3.05, 3.63) is 46.7 Å². The molecule has 0 unspecified atom stereocenters. The molecule has 0 aliphatic heterocycles. The number of benzene rings is 1. The summed E-state index contributed by atoms with van der Waals surface area (Å²) in [6, 6.07) is 7.24. The van der Waals surface area contributed by atoms with E-state index < -0.39 is 11.4 Å². The van der Waals surface area contributed by atoms with Crippen molar-refractivity contribution in [1.29, 1.82) is 0 Å². The highest BCUT2D eigenvalue weighted by molar-refractivity contribution is 6.30. The maximum absolute atomic E-state index is 12.6. The topological polar surface area (TPSA) is 84.2 Å². The quantitative estimate of drug-likeness (QED) is 0.766. The van der Waals surface area contributed by atoms with Gasteiger partial charge in [0.1, 0.15) is 0 Å². The van der Waals surface area contributed by atoms with Gasteiger partial charge in [-0.25, -0.2) is 4.68 Å². The molecule has 1 amide bonds. The summed E-state index contributed by atoms with van der Waals surface area (Å²) in [5.74, 6) is -1.07. The van der Waals surface area contributed by atoms with Gasteiger partial charge >= 0.3 is 5.97 Å². The fourth-order valence-corrected chi connectivity index (χ4v) is 2.69. The molecule has 0 aliphatic carbocycles. The molecule has 7 heteroatoms. The Morgan fingerprint density at radius 1 is 1.27 bits per heavy atom. The van der Waals surface area contributed by atoms with E-state index in [1.165, 1.54) is 0 Å². The molecule has 140 valence electrons. The molecule has 0 atom stereocenters.